The minimum Gasteiger partial charge on any atom is -0.354 e. The SMILES string of the molecule is [CH2]c1ccc(N2CCNCC2)nc1. The van der Waals surface area contributed by atoms with E-state index in [1.54, 1.807) is 0 Å². The zero-order chi connectivity index (χ0) is 9.10. The van der Waals surface area contributed by atoms with Crippen LogP contribution in [0.15, 0.2) is 18.3 Å². The maximum atomic E-state index is 4.34. The van der Waals surface area contributed by atoms with Gasteiger partial charge in [-0.25, -0.2) is 4.98 Å². The number of nitrogens with zero attached hydrogens (tertiary/aromatic N) is 2. The summed E-state index contributed by atoms with van der Waals surface area (Å²) in [5.41, 5.74) is 0.971. The molecule has 1 radical (unpaired) electrons. The summed E-state index contributed by atoms with van der Waals surface area (Å²) in [4.78, 5) is 6.63. The van der Waals surface area contributed by atoms with Gasteiger partial charge in [0, 0.05) is 32.4 Å². The predicted molar refractivity (Wildman–Crippen MR) is 53.8 cm³/mol. The van der Waals surface area contributed by atoms with Crippen LogP contribution < -0.4 is 10.2 Å². The summed E-state index contributed by atoms with van der Waals surface area (Å²) in [5, 5.41) is 3.31. The first-order valence-corrected chi connectivity index (χ1v) is 4.60. The lowest BCUT2D eigenvalue weighted by Crippen LogP contribution is -2.43. The predicted octanol–water partition coefficient (Wildman–Crippen LogP) is 0.673. The van der Waals surface area contributed by atoms with Crippen LogP contribution in [0.3, 0.4) is 0 Å². The molecular formula is C10H14N3. The van der Waals surface area contributed by atoms with E-state index in [-0.39, 0.29) is 0 Å². The largest absolute Gasteiger partial charge is 0.354 e. The second kappa shape index (κ2) is 3.75. The summed E-state index contributed by atoms with van der Waals surface area (Å²) in [5.74, 6) is 1.06. The Hall–Kier alpha value is -1.09. The number of anilines is 1. The molecule has 69 valence electrons. The van der Waals surface area contributed by atoms with E-state index in [1.807, 2.05) is 18.3 Å². The van der Waals surface area contributed by atoms with E-state index in [9.17, 15) is 0 Å². The van der Waals surface area contributed by atoms with Gasteiger partial charge in [-0.3, -0.25) is 0 Å². The molecule has 1 aliphatic rings. The molecule has 0 aromatic carbocycles. The van der Waals surface area contributed by atoms with Crippen LogP contribution in [-0.2, 0) is 0 Å². The summed E-state index contributed by atoms with van der Waals surface area (Å²) in [6.45, 7) is 8.00. The molecule has 1 N–H and O–H groups in total. The van der Waals surface area contributed by atoms with Gasteiger partial charge in [0.05, 0.1) is 0 Å². The monoisotopic (exact) mass is 176 g/mol. The smallest absolute Gasteiger partial charge is 0.128 e. The van der Waals surface area contributed by atoms with Crippen molar-refractivity contribution in [3.8, 4) is 0 Å². The molecule has 3 heteroatoms. The van der Waals surface area contributed by atoms with Crippen LogP contribution >= 0.6 is 0 Å². The van der Waals surface area contributed by atoms with Gasteiger partial charge in [-0.15, -0.1) is 0 Å². The molecule has 0 amide bonds. The van der Waals surface area contributed by atoms with Crippen LogP contribution in [0.4, 0.5) is 5.82 Å². The molecule has 3 nitrogen and oxygen atoms in total. The topological polar surface area (TPSA) is 28.2 Å². The minimum atomic E-state index is 0.971. The Morgan fingerprint density at radius 2 is 2.08 bits per heavy atom. The van der Waals surface area contributed by atoms with Gasteiger partial charge in [0.25, 0.3) is 0 Å². The highest BCUT2D eigenvalue weighted by Crippen LogP contribution is 2.10. The number of hydrogen-bond donors (Lipinski definition) is 1. The normalized spacial score (nSPS) is 17.5. The fraction of sp³-hybridized carbons (Fsp3) is 0.400. The Labute approximate surface area is 78.8 Å². The molecule has 0 saturated carbocycles. The molecule has 1 aromatic heterocycles. The molecule has 13 heavy (non-hydrogen) atoms. The van der Waals surface area contributed by atoms with Crippen LogP contribution in [0.1, 0.15) is 5.56 Å². The standard InChI is InChI=1S/C10H14N3/c1-9-2-3-10(12-8-9)13-6-4-11-5-7-13/h2-3,8,11H,1,4-7H2. The zero-order valence-corrected chi connectivity index (χ0v) is 7.66. The lowest BCUT2D eigenvalue weighted by Gasteiger charge is -2.28. The van der Waals surface area contributed by atoms with Crippen LogP contribution in [0.5, 0.6) is 0 Å². The lowest BCUT2D eigenvalue weighted by molar-refractivity contribution is 0.585. The van der Waals surface area contributed by atoms with Crippen molar-refractivity contribution in [2.45, 2.75) is 0 Å². The second-order valence-electron chi connectivity index (χ2n) is 3.26. The van der Waals surface area contributed by atoms with Crippen LogP contribution in [0, 0.1) is 6.92 Å². The van der Waals surface area contributed by atoms with Gasteiger partial charge in [-0.2, -0.15) is 0 Å². The van der Waals surface area contributed by atoms with Gasteiger partial charge in [0.2, 0.25) is 0 Å². The summed E-state index contributed by atoms with van der Waals surface area (Å²) in [6, 6.07) is 4.04. The minimum absolute atomic E-state index is 0.971. The number of pyridine rings is 1. The van der Waals surface area contributed by atoms with Crippen molar-refractivity contribution >= 4 is 5.82 Å². The van der Waals surface area contributed by atoms with E-state index >= 15 is 0 Å². The van der Waals surface area contributed by atoms with E-state index < -0.39 is 0 Å². The molecule has 1 aliphatic heterocycles. The fourth-order valence-corrected chi connectivity index (χ4v) is 1.50. The van der Waals surface area contributed by atoms with Crippen molar-refractivity contribution in [3.05, 3.63) is 30.8 Å². The molecular weight excluding hydrogens is 162 g/mol. The molecule has 2 rings (SSSR count). The molecule has 0 unspecified atom stereocenters. The van der Waals surface area contributed by atoms with Gasteiger partial charge >= 0.3 is 0 Å². The summed E-state index contributed by atoms with van der Waals surface area (Å²) in [7, 11) is 0. The zero-order valence-electron chi connectivity index (χ0n) is 7.66. The summed E-state index contributed by atoms with van der Waals surface area (Å²) >= 11 is 0. The Morgan fingerprint density at radius 3 is 2.69 bits per heavy atom. The number of piperazine rings is 1. The molecule has 0 aliphatic carbocycles. The molecule has 2 heterocycles. The average molecular weight is 176 g/mol. The van der Waals surface area contributed by atoms with Gasteiger partial charge in [-0.1, -0.05) is 6.07 Å². The first kappa shape index (κ1) is 8.51. The number of rotatable bonds is 1. The van der Waals surface area contributed by atoms with Gasteiger partial charge in [-0.05, 0) is 18.6 Å². The number of hydrogen-bond acceptors (Lipinski definition) is 3. The first-order chi connectivity index (χ1) is 6.36. The molecule has 0 spiro atoms. The van der Waals surface area contributed by atoms with Crippen molar-refractivity contribution in [3.63, 3.8) is 0 Å². The Balaban J connectivity index is 2.10. The molecule has 0 bridgehead atoms. The molecule has 1 aromatic rings. The highest BCUT2D eigenvalue weighted by molar-refractivity contribution is 5.40. The number of aromatic nitrogens is 1. The maximum Gasteiger partial charge on any atom is 0.128 e. The Kier molecular flexibility index (Phi) is 2.45. The fourth-order valence-electron chi connectivity index (χ4n) is 1.50. The maximum absolute atomic E-state index is 4.34. The van der Waals surface area contributed by atoms with E-state index in [2.05, 4.69) is 22.1 Å². The lowest BCUT2D eigenvalue weighted by atomic mass is 10.3. The van der Waals surface area contributed by atoms with Gasteiger partial charge < -0.3 is 10.2 Å². The number of nitrogens with one attached hydrogen (secondary N) is 1. The summed E-state index contributed by atoms with van der Waals surface area (Å²) < 4.78 is 0. The van der Waals surface area contributed by atoms with Crippen molar-refractivity contribution in [1.29, 1.82) is 0 Å². The van der Waals surface area contributed by atoms with E-state index in [1.165, 1.54) is 0 Å². The Morgan fingerprint density at radius 1 is 1.31 bits per heavy atom. The van der Waals surface area contributed by atoms with E-state index in [0.29, 0.717) is 0 Å². The molecule has 1 saturated heterocycles. The molecule has 0 atom stereocenters. The quantitative estimate of drug-likeness (QED) is 0.682. The second-order valence-corrected chi connectivity index (χ2v) is 3.26. The van der Waals surface area contributed by atoms with Crippen molar-refractivity contribution < 1.29 is 0 Å². The van der Waals surface area contributed by atoms with Gasteiger partial charge in [0.1, 0.15) is 5.82 Å². The van der Waals surface area contributed by atoms with Crippen molar-refractivity contribution in [2.75, 3.05) is 31.1 Å². The van der Waals surface area contributed by atoms with Crippen LogP contribution in [-0.4, -0.2) is 31.2 Å². The van der Waals surface area contributed by atoms with E-state index in [4.69, 9.17) is 0 Å². The first-order valence-electron chi connectivity index (χ1n) is 4.60. The van der Waals surface area contributed by atoms with Crippen LogP contribution in [0.25, 0.3) is 0 Å². The molecule has 1 fully saturated rings. The van der Waals surface area contributed by atoms with Gasteiger partial charge in [0.15, 0.2) is 0 Å². The van der Waals surface area contributed by atoms with Crippen molar-refractivity contribution in [1.82, 2.24) is 10.3 Å². The third-order valence-electron chi connectivity index (χ3n) is 2.25. The summed E-state index contributed by atoms with van der Waals surface area (Å²) in [6.07, 6.45) is 1.82. The average Bonchev–Trinajstić information content (AvgIpc) is 2.20. The Bertz CT molecular complexity index is 262. The third kappa shape index (κ3) is 1.98. The van der Waals surface area contributed by atoms with Crippen molar-refractivity contribution in [2.24, 2.45) is 0 Å². The van der Waals surface area contributed by atoms with E-state index in [0.717, 1.165) is 37.6 Å². The highest BCUT2D eigenvalue weighted by Gasteiger charge is 2.10. The third-order valence-corrected chi connectivity index (χ3v) is 2.25. The highest BCUT2D eigenvalue weighted by atomic mass is 15.2. The van der Waals surface area contributed by atoms with Crippen LogP contribution in [0.2, 0.25) is 0 Å².